The van der Waals surface area contributed by atoms with Crippen LogP contribution in [-0.2, 0) is 0 Å². The average molecular weight is 412 g/mol. The maximum Gasteiger partial charge on any atom is 0.239 e. The summed E-state index contributed by atoms with van der Waals surface area (Å²) in [5, 5.41) is 14.5. The number of hydrazone groups is 1. The zero-order valence-corrected chi connectivity index (χ0v) is 14.4. The molecule has 0 amide bonds. The SMILES string of the molecule is CC(C)C1=NN(c2c(F)c(F)c(F)c(F)c2F)C(O)(C(Cl)(Cl)Cl)C1. The molecule has 1 unspecified atom stereocenters. The van der Waals surface area contributed by atoms with Gasteiger partial charge in [0.15, 0.2) is 23.3 Å². The van der Waals surface area contributed by atoms with E-state index in [2.05, 4.69) is 5.10 Å². The average Bonchev–Trinajstić information content (AvgIpc) is 2.83. The molecule has 0 spiro atoms. The van der Waals surface area contributed by atoms with Gasteiger partial charge in [0.2, 0.25) is 15.3 Å². The van der Waals surface area contributed by atoms with Crippen LogP contribution in [0.2, 0.25) is 0 Å². The molecule has 2 rings (SSSR count). The molecule has 11 heteroatoms. The summed E-state index contributed by atoms with van der Waals surface area (Å²) in [5.41, 5.74) is -4.00. The number of nitrogens with zero attached hydrogens (tertiary/aromatic N) is 2. The summed E-state index contributed by atoms with van der Waals surface area (Å²) in [7, 11) is 0. The molecule has 0 saturated carbocycles. The molecule has 0 aliphatic carbocycles. The van der Waals surface area contributed by atoms with Gasteiger partial charge < -0.3 is 5.11 Å². The predicted octanol–water partition coefficient (Wildman–Crippen LogP) is 4.66. The number of anilines is 1. The molecule has 1 atom stereocenters. The lowest BCUT2D eigenvalue weighted by molar-refractivity contribution is 0.0544. The van der Waals surface area contributed by atoms with E-state index in [1.807, 2.05) is 0 Å². The summed E-state index contributed by atoms with van der Waals surface area (Å²) in [5.74, 6) is -11.5. The van der Waals surface area contributed by atoms with Crippen molar-refractivity contribution in [1.82, 2.24) is 0 Å². The Morgan fingerprint density at radius 2 is 1.42 bits per heavy atom. The summed E-state index contributed by atoms with van der Waals surface area (Å²) in [6, 6.07) is 0. The van der Waals surface area contributed by atoms with E-state index in [-0.39, 0.29) is 16.6 Å². The zero-order chi connectivity index (χ0) is 18.6. The van der Waals surface area contributed by atoms with Gasteiger partial charge in [0.25, 0.3) is 0 Å². The Labute approximate surface area is 148 Å². The van der Waals surface area contributed by atoms with Gasteiger partial charge in [0, 0.05) is 12.1 Å². The number of benzene rings is 1. The first-order valence-electron chi connectivity index (χ1n) is 6.51. The van der Waals surface area contributed by atoms with Crippen LogP contribution in [0.25, 0.3) is 0 Å². The van der Waals surface area contributed by atoms with E-state index in [4.69, 9.17) is 34.8 Å². The minimum Gasteiger partial charge on any atom is -0.365 e. The Morgan fingerprint density at radius 1 is 1.00 bits per heavy atom. The normalized spacial score (nSPS) is 21.7. The van der Waals surface area contributed by atoms with E-state index in [0.717, 1.165) is 0 Å². The Balaban J connectivity index is 2.77. The van der Waals surface area contributed by atoms with Crippen LogP contribution in [0.15, 0.2) is 5.10 Å². The van der Waals surface area contributed by atoms with Crippen molar-refractivity contribution in [3.05, 3.63) is 29.1 Å². The van der Waals surface area contributed by atoms with Crippen LogP contribution in [0.5, 0.6) is 0 Å². The van der Waals surface area contributed by atoms with Crippen molar-refractivity contribution < 1.29 is 27.1 Å². The molecule has 3 nitrogen and oxygen atoms in total. The molecule has 1 heterocycles. The monoisotopic (exact) mass is 410 g/mol. The second kappa shape index (κ2) is 6.16. The number of hydrogen-bond acceptors (Lipinski definition) is 3. The van der Waals surface area contributed by atoms with E-state index in [0.29, 0.717) is 0 Å². The summed E-state index contributed by atoms with van der Waals surface area (Å²) < 4.78 is 65.6. The topological polar surface area (TPSA) is 35.8 Å². The number of alkyl halides is 3. The van der Waals surface area contributed by atoms with Gasteiger partial charge >= 0.3 is 0 Å². The lowest BCUT2D eigenvalue weighted by Crippen LogP contribution is -2.54. The first-order chi connectivity index (χ1) is 10.8. The smallest absolute Gasteiger partial charge is 0.239 e. The van der Waals surface area contributed by atoms with Crippen molar-refractivity contribution >= 4 is 46.2 Å². The molecule has 0 aromatic heterocycles. The van der Waals surface area contributed by atoms with Crippen LogP contribution in [-0.4, -0.2) is 20.3 Å². The fourth-order valence-electron chi connectivity index (χ4n) is 2.13. The first kappa shape index (κ1) is 19.5. The third-order valence-electron chi connectivity index (χ3n) is 3.53. The molecule has 0 bridgehead atoms. The van der Waals surface area contributed by atoms with Gasteiger partial charge in [0.05, 0.1) is 0 Å². The molecule has 0 fully saturated rings. The van der Waals surface area contributed by atoms with Gasteiger partial charge in [-0.2, -0.15) is 5.10 Å². The molecule has 1 N–H and O–H groups in total. The Kier molecular flexibility index (Phi) is 5.00. The molecular formula is C13H10Cl3F5N2O. The maximum atomic E-state index is 14.0. The molecule has 134 valence electrons. The minimum absolute atomic E-state index is 0.131. The molecular weight excluding hydrogens is 402 g/mol. The van der Waals surface area contributed by atoms with Crippen LogP contribution in [0.1, 0.15) is 20.3 Å². The summed E-state index contributed by atoms with van der Waals surface area (Å²) in [6.07, 6.45) is -0.472. The largest absolute Gasteiger partial charge is 0.365 e. The van der Waals surface area contributed by atoms with Gasteiger partial charge in [-0.1, -0.05) is 48.7 Å². The fraction of sp³-hybridized carbons (Fsp3) is 0.462. The second-order valence-corrected chi connectivity index (χ2v) is 7.75. The summed E-state index contributed by atoms with van der Waals surface area (Å²) in [6.45, 7) is 3.25. The molecule has 1 aliphatic heterocycles. The molecule has 1 aliphatic rings. The number of aliphatic hydroxyl groups is 1. The Morgan fingerprint density at radius 3 is 1.79 bits per heavy atom. The van der Waals surface area contributed by atoms with Crippen molar-refractivity contribution in [1.29, 1.82) is 0 Å². The third kappa shape index (κ3) is 2.83. The highest BCUT2D eigenvalue weighted by atomic mass is 35.6. The van der Waals surface area contributed by atoms with Crippen molar-refractivity contribution in [3.8, 4) is 0 Å². The van der Waals surface area contributed by atoms with E-state index in [1.165, 1.54) is 0 Å². The van der Waals surface area contributed by atoms with E-state index < -0.39 is 50.7 Å². The maximum absolute atomic E-state index is 14.0. The van der Waals surface area contributed by atoms with Gasteiger partial charge in [-0.3, -0.25) is 0 Å². The lowest BCUT2D eigenvalue weighted by Gasteiger charge is -2.37. The van der Waals surface area contributed by atoms with Crippen molar-refractivity contribution in [3.63, 3.8) is 0 Å². The number of halogens is 8. The van der Waals surface area contributed by atoms with Gasteiger partial charge in [0.1, 0.15) is 5.69 Å². The highest BCUT2D eigenvalue weighted by molar-refractivity contribution is 6.68. The highest BCUT2D eigenvalue weighted by Crippen LogP contribution is 2.49. The highest BCUT2D eigenvalue weighted by Gasteiger charge is 2.58. The van der Waals surface area contributed by atoms with Crippen molar-refractivity contribution in [2.75, 3.05) is 5.01 Å². The molecule has 24 heavy (non-hydrogen) atoms. The molecule has 1 aromatic rings. The van der Waals surface area contributed by atoms with Gasteiger partial charge in [-0.05, 0) is 5.92 Å². The number of hydrogen-bond donors (Lipinski definition) is 1. The van der Waals surface area contributed by atoms with E-state index in [1.54, 1.807) is 13.8 Å². The summed E-state index contributed by atoms with van der Waals surface area (Å²) in [4.78, 5) is 0. The Bertz CT molecular complexity index is 694. The van der Waals surface area contributed by atoms with Crippen LogP contribution in [0.3, 0.4) is 0 Å². The second-order valence-electron chi connectivity index (χ2n) is 5.47. The zero-order valence-electron chi connectivity index (χ0n) is 12.1. The van der Waals surface area contributed by atoms with Crippen LogP contribution >= 0.6 is 34.8 Å². The standard InChI is InChI=1S/C13H10Cl3F5N2O/c1-4(2)5-3-12(24,13(14,15)16)23(22-5)11-9(20)7(18)6(17)8(19)10(11)21/h4,24H,3H2,1-2H3. The van der Waals surface area contributed by atoms with E-state index in [9.17, 15) is 27.1 Å². The van der Waals surface area contributed by atoms with Crippen molar-refractivity contribution in [2.45, 2.75) is 29.8 Å². The van der Waals surface area contributed by atoms with Crippen LogP contribution < -0.4 is 5.01 Å². The van der Waals surface area contributed by atoms with Crippen molar-refractivity contribution in [2.24, 2.45) is 11.0 Å². The molecule has 0 saturated heterocycles. The first-order valence-corrected chi connectivity index (χ1v) is 7.64. The fourth-order valence-corrected chi connectivity index (χ4v) is 2.57. The molecule has 0 radical (unpaired) electrons. The number of rotatable bonds is 2. The molecule has 1 aromatic carbocycles. The lowest BCUT2D eigenvalue weighted by atomic mass is 10.00. The van der Waals surface area contributed by atoms with Gasteiger partial charge in [-0.15, -0.1) is 0 Å². The quantitative estimate of drug-likeness (QED) is 0.332. The predicted molar refractivity (Wildman–Crippen MR) is 80.8 cm³/mol. The van der Waals surface area contributed by atoms with Crippen LogP contribution in [0.4, 0.5) is 27.6 Å². The summed E-state index contributed by atoms with van der Waals surface area (Å²) >= 11 is 17.0. The van der Waals surface area contributed by atoms with E-state index >= 15 is 0 Å². The Hall–Kier alpha value is -0.830. The van der Waals surface area contributed by atoms with Gasteiger partial charge in [-0.25, -0.2) is 27.0 Å². The minimum atomic E-state index is -2.64. The third-order valence-corrected chi connectivity index (χ3v) is 4.43. The van der Waals surface area contributed by atoms with Crippen LogP contribution in [0, 0.1) is 35.0 Å².